The summed E-state index contributed by atoms with van der Waals surface area (Å²) in [5.41, 5.74) is 1.25. The van der Waals surface area contributed by atoms with Crippen molar-refractivity contribution in [3.8, 4) is 5.75 Å². The van der Waals surface area contributed by atoms with Gasteiger partial charge in [0.2, 0.25) is 0 Å². The second-order valence-corrected chi connectivity index (χ2v) is 7.34. The summed E-state index contributed by atoms with van der Waals surface area (Å²) in [4.78, 5) is 21.3. The molecule has 0 aliphatic carbocycles. The molecule has 0 radical (unpaired) electrons. The highest BCUT2D eigenvalue weighted by atomic mass is 32.1. The Hall–Kier alpha value is -2.51. The highest BCUT2D eigenvalue weighted by molar-refractivity contribution is 7.22. The fraction of sp³-hybridized carbons (Fsp3) is 0.300. The molecule has 142 valence electrons. The zero-order chi connectivity index (χ0) is 19.4. The van der Waals surface area contributed by atoms with Crippen molar-refractivity contribution in [1.29, 1.82) is 0 Å². The number of benzene rings is 2. The molecule has 0 aliphatic rings. The molecule has 1 amide bonds. The number of carbonyl (C=O) groups excluding carboxylic acids is 1. The summed E-state index contributed by atoms with van der Waals surface area (Å²) in [6, 6.07) is 11.3. The van der Waals surface area contributed by atoms with Crippen LogP contribution in [0.25, 0.3) is 10.2 Å². The zero-order valence-electron chi connectivity index (χ0n) is 15.6. The topological polar surface area (TPSA) is 45.7 Å². The quantitative estimate of drug-likeness (QED) is 0.614. The number of amides is 1. The van der Waals surface area contributed by atoms with Crippen LogP contribution in [0.15, 0.2) is 42.5 Å². The van der Waals surface area contributed by atoms with E-state index < -0.39 is 0 Å². The molecule has 7 heteroatoms. The third-order valence-electron chi connectivity index (χ3n) is 4.00. The molecule has 0 saturated heterocycles. The van der Waals surface area contributed by atoms with Crippen LogP contribution in [0.3, 0.4) is 0 Å². The average Bonchev–Trinajstić information content (AvgIpc) is 3.05. The van der Waals surface area contributed by atoms with Crippen LogP contribution in [-0.4, -0.2) is 49.6 Å². The van der Waals surface area contributed by atoms with Gasteiger partial charge < -0.3 is 9.64 Å². The number of aromatic nitrogens is 1. The number of rotatable bonds is 7. The molecule has 0 N–H and O–H groups in total. The third kappa shape index (κ3) is 4.61. The minimum atomic E-state index is -0.366. The van der Waals surface area contributed by atoms with Crippen LogP contribution in [0, 0.1) is 5.82 Å². The first-order chi connectivity index (χ1) is 13.0. The van der Waals surface area contributed by atoms with Crippen molar-refractivity contribution in [2.24, 2.45) is 0 Å². The van der Waals surface area contributed by atoms with Crippen LogP contribution >= 0.6 is 11.3 Å². The van der Waals surface area contributed by atoms with Gasteiger partial charge in [-0.3, -0.25) is 9.69 Å². The Balaban J connectivity index is 1.95. The van der Waals surface area contributed by atoms with E-state index in [4.69, 9.17) is 4.74 Å². The van der Waals surface area contributed by atoms with Gasteiger partial charge in [-0.2, -0.15) is 0 Å². The molecule has 0 atom stereocenters. The van der Waals surface area contributed by atoms with Crippen molar-refractivity contribution >= 4 is 32.6 Å². The van der Waals surface area contributed by atoms with E-state index >= 15 is 0 Å². The molecule has 1 aromatic heterocycles. The smallest absolute Gasteiger partial charge is 0.260 e. The van der Waals surface area contributed by atoms with Crippen molar-refractivity contribution in [1.82, 2.24) is 9.88 Å². The molecule has 5 nitrogen and oxygen atoms in total. The number of nitrogens with zero attached hydrogens (tertiary/aromatic N) is 3. The van der Waals surface area contributed by atoms with Gasteiger partial charge in [0.25, 0.3) is 5.91 Å². The minimum absolute atomic E-state index is 0.194. The summed E-state index contributed by atoms with van der Waals surface area (Å²) in [6.45, 7) is 3.70. The van der Waals surface area contributed by atoms with Crippen molar-refractivity contribution in [2.75, 3.05) is 38.7 Å². The number of carbonyl (C=O) groups is 1. The Labute approximate surface area is 162 Å². The monoisotopic (exact) mass is 387 g/mol. The molecular formula is C20H22FN3O2S. The number of hydrogen-bond donors (Lipinski definition) is 0. The summed E-state index contributed by atoms with van der Waals surface area (Å²) < 4.78 is 19.7. The number of ether oxygens (including phenoxy) is 1. The Bertz CT molecular complexity index is 925. The van der Waals surface area contributed by atoms with Crippen LogP contribution in [0.1, 0.15) is 17.3 Å². The normalized spacial score (nSPS) is 11.1. The number of thiazole rings is 1. The Morgan fingerprint density at radius 1 is 1.15 bits per heavy atom. The summed E-state index contributed by atoms with van der Waals surface area (Å²) in [5.74, 6) is 0.223. The Morgan fingerprint density at radius 2 is 1.89 bits per heavy atom. The first-order valence-electron chi connectivity index (χ1n) is 8.73. The summed E-state index contributed by atoms with van der Waals surface area (Å²) in [6.07, 6.45) is 0. The molecule has 0 unspecified atom stereocenters. The molecular weight excluding hydrogens is 365 g/mol. The lowest BCUT2D eigenvalue weighted by Crippen LogP contribution is -2.36. The van der Waals surface area contributed by atoms with E-state index in [9.17, 15) is 9.18 Å². The molecule has 1 heterocycles. The highest BCUT2D eigenvalue weighted by Gasteiger charge is 2.21. The molecule has 0 aliphatic heterocycles. The van der Waals surface area contributed by atoms with Crippen molar-refractivity contribution in [3.05, 3.63) is 53.8 Å². The largest absolute Gasteiger partial charge is 0.494 e. The van der Waals surface area contributed by atoms with Crippen LogP contribution < -0.4 is 9.64 Å². The minimum Gasteiger partial charge on any atom is -0.494 e. The Morgan fingerprint density at radius 3 is 2.56 bits per heavy atom. The van der Waals surface area contributed by atoms with Gasteiger partial charge in [0.05, 0.1) is 16.8 Å². The predicted octanol–water partition coefficient (Wildman–Crippen LogP) is 4.04. The average molecular weight is 387 g/mol. The summed E-state index contributed by atoms with van der Waals surface area (Å²) in [7, 11) is 3.90. The van der Waals surface area contributed by atoms with Crippen LogP contribution in [0.2, 0.25) is 0 Å². The fourth-order valence-electron chi connectivity index (χ4n) is 2.60. The lowest BCUT2D eigenvalue weighted by molar-refractivity contribution is 0.0985. The van der Waals surface area contributed by atoms with Gasteiger partial charge in [-0.25, -0.2) is 9.37 Å². The number of likely N-dealkylation sites (N-methyl/N-ethyl adjacent to an activating group) is 1. The molecule has 3 rings (SSSR count). The van der Waals surface area contributed by atoms with Crippen LogP contribution in [-0.2, 0) is 0 Å². The number of hydrogen-bond acceptors (Lipinski definition) is 5. The molecule has 3 aromatic rings. The van der Waals surface area contributed by atoms with Gasteiger partial charge in [-0.1, -0.05) is 11.3 Å². The first-order valence-corrected chi connectivity index (χ1v) is 9.55. The zero-order valence-corrected chi connectivity index (χ0v) is 16.4. The lowest BCUT2D eigenvalue weighted by Gasteiger charge is -2.22. The second-order valence-electron chi connectivity index (χ2n) is 6.33. The third-order valence-corrected chi connectivity index (χ3v) is 5.04. The van der Waals surface area contributed by atoms with E-state index in [0.29, 0.717) is 30.4 Å². The molecule has 0 spiro atoms. The van der Waals surface area contributed by atoms with Gasteiger partial charge in [0.15, 0.2) is 5.13 Å². The fourth-order valence-corrected chi connectivity index (χ4v) is 3.62. The van der Waals surface area contributed by atoms with E-state index in [-0.39, 0.29) is 11.7 Å². The molecule has 27 heavy (non-hydrogen) atoms. The maximum Gasteiger partial charge on any atom is 0.260 e. The van der Waals surface area contributed by atoms with Gasteiger partial charge >= 0.3 is 0 Å². The molecule has 0 saturated carbocycles. The summed E-state index contributed by atoms with van der Waals surface area (Å²) in [5, 5.41) is 0.620. The number of halogens is 1. The predicted molar refractivity (Wildman–Crippen MR) is 107 cm³/mol. The van der Waals surface area contributed by atoms with Crippen molar-refractivity contribution in [2.45, 2.75) is 6.92 Å². The van der Waals surface area contributed by atoms with Gasteiger partial charge in [-0.05, 0) is 63.5 Å². The van der Waals surface area contributed by atoms with Gasteiger partial charge in [0.1, 0.15) is 11.6 Å². The van der Waals surface area contributed by atoms with E-state index in [1.54, 1.807) is 4.90 Å². The number of fused-ring (bicyclic) bond motifs is 1. The molecule has 0 bridgehead atoms. The lowest BCUT2D eigenvalue weighted by atomic mass is 10.2. The standard InChI is InChI=1S/C20H22FN3O2S/c1-4-26-16-9-10-17-18(13-16)27-20(22-17)24(12-11-23(2)3)19(25)14-5-7-15(21)8-6-14/h5-10,13H,4,11-12H2,1-3H3. The van der Waals surface area contributed by atoms with E-state index in [0.717, 1.165) is 16.0 Å². The van der Waals surface area contributed by atoms with E-state index in [1.165, 1.54) is 35.6 Å². The van der Waals surface area contributed by atoms with E-state index in [2.05, 4.69) is 4.98 Å². The maximum atomic E-state index is 13.2. The van der Waals surface area contributed by atoms with Gasteiger partial charge in [0, 0.05) is 18.7 Å². The SMILES string of the molecule is CCOc1ccc2nc(N(CCN(C)C)C(=O)c3ccc(F)cc3)sc2c1. The van der Waals surface area contributed by atoms with Crippen molar-refractivity contribution < 1.29 is 13.9 Å². The molecule has 2 aromatic carbocycles. The Kier molecular flexibility index (Phi) is 6.03. The maximum absolute atomic E-state index is 13.2. The first kappa shape index (κ1) is 19.3. The summed E-state index contributed by atoms with van der Waals surface area (Å²) >= 11 is 1.44. The number of anilines is 1. The van der Waals surface area contributed by atoms with E-state index in [1.807, 2.05) is 44.1 Å². The second kappa shape index (κ2) is 8.45. The van der Waals surface area contributed by atoms with Crippen molar-refractivity contribution in [3.63, 3.8) is 0 Å². The van der Waals surface area contributed by atoms with Gasteiger partial charge in [-0.15, -0.1) is 0 Å². The molecule has 0 fully saturated rings. The van der Waals surface area contributed by atoms with Crippen LogP contribution in [0.4, 0.5) is 9.52 Å². The highest BCUT2D eigenvalue weighted by Crippen LogP contribution is 2.32. The van der Waals surface area contributed by atoms with Crippen LogP contribution in [0.5, 0.6) is 5.75 Å².